The van der Waals surface area contributed by atoms with E-state index in [1.165, 1.54) is 24.3 Å². The number of hydrogen-bond donors (Lipinski definition) is 1. The van der Waals surface area contributed by atoms with Crippen LogP contribution in [0.2, 0.25) is 0 Å². The van der Waals surface area contributed by atoms with Gasteiger partial charge in [0.05, 0.1) is 0 Å². The molecule has 0 heterocycles. The maximum absolute atomic E-state index is 13.7. The van der Waals surface area contributed by atoms with Crippen molar-refractivity contribution in [2.45, 2.75) is 13.5 Å². The van der Waals surface area contributed by atoms with Crippen LogP contribution in [0, 0.1) is 18.6 Å². The van der Waals surface area contributed by atoms with Crippen molar-refractivity contribution < 1.29 is 13.5 Å². The summed E-state index contributed by atoms with van der Waals surface area (Å²) in [6, 6.07) is 8.63. The lowest BCUT2D eigenvalue weighted by Crippen LogP contribution is -2.01. The van der Waals surface area contributed by atoms with Gasteiger partial charge in [0, 0.05) is 12.1 Å². The normalized spacial score (nSPS) is 10.4. The Hall–Kier alpha value is -1.94. The van der Waals surface area contributed by atoms with Crippen molar-refractivity contribution in [2.24, 2.45) is 5.73 Å². The van der Waals surface area contributed by atoms with Crippen LogP contribution in [-0.4, -0.2) is 0 Å². The van der Waals surface area contributed by atoms with Gasteiger partial charge in [0.2, 0.25) is 0 Å². The molecule has 2 N–H and O–H groups in total. The summed E-state index contributed by atoms with van der Waals surface area (Å²) in [5.74, 6) is -0.333. The lowest BCUT2D eigenvalue weighted by atomic mass is 10.2. The van der Waals surface area contributed by atoms with E-state index in [0.29, 0.717) is 16.9 Å². The van der Waals surface area contributed by atoms with Gasteiger partial charge in [0.15, 0.2) is 11.6 Å². The molecule has 0 spiro atoms. The van der Waals surface area contributed by atoms with E-state index >= 15 is 0 Å². The Morgan fingerprint density at radius 1 is 1.17 bits per heavy atom. The van der Waals surface area contributed by atoms with Crippen LogP contribution in [0.1, 0.15) is 11.1 Å². The molecule has 0 atom stereocenters. The monoisotopic (exact) mass is 249 g/mol. The van der Waals surface area contributed by atoms with Gasteiger partial charge in [-0.3, -0.25) is 0 Å². The molecular formula is C14H13F2NO. The second-order valence-electron chi connectivity index (χ2n) is 3.94. The van der Waals surface area contributed by atoms with Gasteiger partial charge in [-0.05, 0) is 36.8 Å². The smallest absolute Gasteiger partial charge is 0.167 e. The van der Waals surface area contributed by atoms with Crippen molar-refractivity contribution in [1.82, 2.24) is 0 Å². The van der Waals surface area contributed by atoms with Crippen LogP contribution < -0.4 is 10.5 Å². The van der Waals surface area contributed by atoms with Crippen molar-refractivity contribution in [1.29, 1.82) is 0 Å². The fourth-order valence-electron chi connectivity index (χ4n) is 1.67. The molecule has 0 aliphatic rings. The highest BCUT2D eigenvalue weighted by molar-refractivity contribution is 5.41. The molecule has 0 saturated carbocycles. The maximum Gasteiger partial charge on any atom is 0.167 e. The standard InChI is InChI=1S/C14H13F2NO/c1-9-7-11(15)5-6-13(9)18-14-10(8-17)3-2-4-12(14)16/h2-7H,8,17H2,1H3. The Balaban J connectivity index is 2.39. The first kappa shape index (κ1) is 12.5. The molecule has 0 bridgehead atoms. The molecule has 0 aliphatic heterocycles. The molecule has 2 aromatic rings. The third kappa shape index (κ3) is 2.49. The van der Waals surface area contributed by atoms with E-state index in [1.807, 2.05) is 0 Å². The molecule has 2 aromatic carbocycles. The van der Waals surface area contributed by atoms with Crippen molar-refractivity contribution in [3.05, 3.63) is 59.2 Å². The summed E-state index contributed by atoms with van der Waals surface area (Å²) in [6.07, 6.45) is 0. The summed E-state index contributed by atoms with van der Waals surface area (Å²) in [5, 5.41) is 0. The summed E-state index contributed by atoms with van der Waals surface area (Å²) in [5.41, 5.74) is 6.70. The van der Waals surface area contributed by atoms with Crippen LogP contribution in [0.5, 0.6) is 11.5 Å². The Kier molecular flexibility index (Phi) is 3.58. The largest absolute Gasteiger partial charge is 0.454 e. The van der Waals surface area contributed by atoms with Crippen molar-refractivity contribution >= 4 is 0 Å². The van der Waals surface area contributed by atoms with Crippen molar-refractivity contribution in [3.63, 3.8) is 0 Å². The molecule has 94 valence electrons. The summed E-state index contributed by atoms with van der Waals surface area (Å²) >= 11 is 0. The van der Waals surface area contributed by atoms with Gasteiger partial charge in [-0.15, -0.1) is 0 Å². The van der Waals surface area contributed by atoms with Gasteiger partial charge >= 0.3 is 0 Å². The first-order valence-electron chi connectivity index (χ1n) is 5.53. The lowest BCUT2D eigenvalue weighted by molar-refractivity contribution is 0.432. The zero-order chi connectivity index (χ0) is 13.1. The van der Waals surface area contributed by atoms with E-state index in [4.69, 9.17) is 10.5 Å². The van der Waals surface area contributed by atoms with Crippen LogP contribution in [0.4, 0.5) is 8.78 Å². The van der Waals surface area contributed by atoms with Crippen molar-refractivity contribution in [2.75, 3.05) is 0 Å². The number of halogens is 2. The highest BCUT2D eigenvalue weighted by atomic mass is 19.1. The minimum Gasteiger partial charge on any atom is -0.454 e. The van der Waals surface area contributed by atoms with Crippen LogP contribution >= 0.6 is 0 Å². The number of para-hydroxylation sites is 1. The van der Waals surface area contributed by atoms with Crippen molar-refractivity contribution in [3.8, 4) is 11.5 Å². The second kappa shape index (κ2) is 5.14. The Morgan fingerprint density at radius 3 is 2.61 bits per heavy atom. The summed E-state index contributed by atoms with van der Waals surface area (Å²) in [6.45, 7) is 1.87. The predicted molar refractivity (Wildman–Crippen MR) is 65.5 cm³/mol. The van der Waals surface area contributed by atoms with Gasteiger partial charge in [0.25, 0.3) is 0 Å². The Bertz CT molecular complexity index is 570. The minimum atomic E-state index is -0.485. The number of hydrogen-bond acceptors (Lipinski definition) is 2. The highest BCUT2D eigenvalue weighted by Crippen LogP contribution is 2.30. The number of aryl methyl sites for hydroxylation is 1. The highest BCUT2D eigenvalue weighted by Gasteiger charge is 2.11. The van der Waals surface area contributed by atoms with Gasteiger partial charge in [-0.25, -0.2) is 8.78 Å². The molecule has 0 aliphatic carbocycles. The number of rotatable bonds is 3. The molecule has 0 amide bonds. The molecule has 2 nitrogen and oxygen atoms in total. The van der Waals surface area contributed by atoms with Gasteiger partial charge < -0.3 is 10.5 Å². The first-order valence-corrected chi connectivity index (χ1v) is 5.53. The summed E-state index contributed by atoms with van der Waals surface area (Å²) in [4.78, 5) is 0. The molecule has 0 radical (unpaired) electrons. The maximum atomic E-state index is 13.7. The zero-order valence-corrected chi connectivity index (χ0v) is 9.91. The second-order valence-corrected chi connectivity index (χ2v) is 3.94. The van der Waals surface area contributed by atoms with Crippen LogP contribution in [0.15, 0.2) is 36.4 Å². The number of ether oxygens (including phenoxy) is 1. The Morgan fingerprint density at radius 2 is 1.94 bits per heavy atom. The molecule has 4 heteroatoms. The van der Waals surface area contributed by atoms with E-state index in [2.05, 4.69) is 0 Å². The van der Waals surface area contributed by atoms with E-state index in [0.717, 1.165) is 0 Å². The molecule has 2 rings (SSSR count). The molecule has 0 fully saturated rings. The van der Waals surface area contributed by atoms with E-state index in [9.17, 15) is 8.78 Å². The van der Waals surface area contributed by atoms with Crippen LogP contribution in [0.3, 0.4) is 0 Å². The lowest BCUT2D eigenvalue weighted by Gasteiger charge is -2.12. The van der Waals surface area contributed by atoms with E-state index in [1.54, 1.807) is 19.1 Å². The molecule has 0 saturated heterocycles. The third-order valence-electron chi connectivity index (χ3n) is 2.62. The fraction of sp³-hybridized carbons (Fsp3) is 0.143. The quantitative estimate of drug-likeness (QED) is 0.903. The Labute approximate surface area is 104 Å². The minimum absolute atomic E-state index is 0.0923. The van der Waals surface area contributed by atoms with Crippen LogP contribution in [0.25, 0.3) is 0 Å². The SMILES string of the molecule is Cc1cc(F)ccc1Oc1c(F)cccc1CN. The fourth-order valence-corrected chi connectivity index (χ4v) is 1.67. The summed E-state index contributed by atoms with van der Waals surface area (Å²) < 4.78 is 32.1. The van der Waals surface area contributed by atoms with Gasteiger partial charge in [-0.1, -0.05) is 12.1 Å². The zero-order valence-electron chi connectivity index (χ0n) is 9.91. The van der Waals surface area contributed by atoms with E-state index < -0.39 is 5.82 Å². The molecule has 0 aromatic heterocycles. The average Bonchev–Trinajstić information content (AvgIpc) is 2.34. The summed E-state index contributed by atoms with van der Waals surface area (Å²) in [7, 11) is 0. The molecule has 18 heavy (non-hydrogen) atoms. The van der Waals surface area contributed by atoms with Gasteiger partial charge in [-0.2, -0.15) is 0 Å². The predicted octanol–water partition coefficient (Wildman–Crippen LogP) is 3.52. The topological polar surface area (TPSA) is 35.2 Å². The molecular weight excluding hydrogens is 236 g/mol. The number of nitrogens with two attached hydrogens (primary N) is 1. The molecule has 0 unspecified atom stereocenters. The van der Waals surface area contributed by atoms with E-state index in [-0.39, 0.29) is 18.1 Å². The average molecular weight is 249 g/mol. The first-order chi connectivity index (χ1) is 8.61. The van der Waals surface area contributed by atoms with Gasteiger partial charge in [0.1, 0.15) is 11.6 Å². The third-order valence-corrected chi connectivity index (χ3v) is 2.62. The number of benzene rings is 2. The van der Waals surface area contributed by atoms with Crippen LogP contribution in [-0.2, 0) is 6.54 Å².